The molecule has 5 nitrogen and oxygen atoms in total. The maximum atomic E-state index is 9.71. The van der Waals surface area contributed by atoms with Gasteiger partial charge in [-0.05, 0) is 25.6 Å². The zero-order valence-electron chi connectivity index (χ0n) is 13.9. The number of hydrogen-bond donors (Lipinski definition) is 0. The van der Waals surface area contributed by atoms with Crippen molar-refractivity contribution in [2.24, 2.45) is 0 Å². The quantitative estimate of drug-likeness (QED) is 0.835. The van der Waals surface area contributed by atoms with Crippen LogP contribution in [0.25, 0.3) is 0 Å². The van der Waals surface area contributed by atoms with E-state index < -0.39 is 0 Å². The summed E-state index contributed by atoms with van der Waals surface area (Å²) in [6.07, 6.45) is 1.09. The van der Waals surface area contributed by atoms with Gasteiger partial charge < -0.3 is 14.4 Å². The highest BCUT2D eigenvalue weighted by Gasteiger charge is 2.30. The van der Waals surface area contributed by atoms with E-state index in [9.17, 15) is 5.26 Å². The summed E-state index contributed by atoms with van der Waals surface area (Å²) in [5.41, 5.74) is 0.908. The summed E-state index contributed by atoms with van der Waals surface area (Å²) < 4.78 is 10.7. The molecule has 2 atom stereocenters. The van der Waals surface area contributed by atoms with E-state index in [-0.39, 0.29) is 6.04 Å². The Morgan fingerprint density at radius 2 is 2.09 bits per heavy atom. The highest BCUT2D eigenvalue weighted by atomic mass is 16.5. The maximum Gasteiger partial charge on any atom is 0.128 e. The van der Waals surface area contributed by atoms with Gasteiger partial charge in [0, 0.05) is 37.3 Å². The molecule has 1 aliphatic heterocycles. The van der Waals surface area contributed by atoms with E-state index >= 15 is 0 Å². The molecule has 0 spiro atoms. The van der Waals surface area contributed by atoms with E-state index in [1.165, 1.54) is 0 Å². The maximum absolute atomic E-state index is 9.71. The van der Waals surface area contributed by atoms with Crippen molar-refractivity contribution >= 4 is 0 Å². The third-order valence-corrected chi connectivity index (χ3v) is 4.50. The Kier molecular flexibility index (Phi) is 5.64. The molecule has 1 aliphatic rings. The fourth-order valence-corrected chi connectivity index (χ4v) is 3.04. The Bertz CT molecular complexity index is 541. The van der Waals surface area contributed by atoms with Crippen molar-refractivity contribution in [2.75, 3.05) is 40.9 Å². The van der Waals surface area contributed by atoms with Crippen LogP contribution < -0.4 is 9.47 Å². The van der Waals surface area contributed by atoms with Crippen molar-refractivity contribution in [1.29, 1.82) is 5.26 Å². The normalized spacial score (nSPS) is 21.1. The largest absolute Gasteiger partial charge is 0.497 e. The Balaban J connectivity index is 2.27. The van der Waals surface area contributed by atoms with Crippen LogP contribution in [0.5, 0.6) is 11.5 Å². The number of rotatable bonds is 5. The van der Waals surface area contributed by atoms with E-state index in [2.05, 4.69) is 29.8 Å². The topological polar surface area (TPSA) is 48.7 Å². The van der Waals surface area contributed by atoms with Gasteiger partial charge in [-0.15, -0.1) is 0 Å². The minimum absolute atomic E-state index is 0.288. The molecule has 1 aromatic rings. The first-order chi connectivity index (χ1) is 10.6. The molecule has 1 aromatic carbocycles. The minimum Gasteiger partial charge on any atom is -0.497 e. The molecule has 2 rings (SSSR count). The van der Waals surface area contributed by atoms with Gasteiger partial charge in [0.15, 0.2) is 0 Å². The molecule has 5 heteroatoms. The molecule has 0 amide bonds. The average Bonchev–Trinajstić information content (AvgIpc) is 2.57. The van der Waals surface area contributed by atoms with Gasteiger partial charge in [-0.25, -0.2) is 0 Å². The molecule has 22 heavy (non-hydrogen) atoms. The van der Waals surface area contributed by atoms with Gasteiger partial charge in [-0.2, -0.15) is 5.26 Å². The first kappa shape index (κ1) is 16.6. The Labute approximate surface area is 133 Å². The van der Waals surface area contributed by atoms with Crippen molar-refractivity contribution in [3.8, 4) is 17.6 Å². The zero-order valence-corrected chi connectivity index (χ0v) is 13.9. The number of methoxy groups -OCH3 is 2. The minimum atomic E-state index is -0.288. The Morgan fingerprint density at radius 1 is 1.32 bits per heavy atom. The van der Waals surface area contributed by atoms with Gasteiger partial charge >= 0.3 is 0 Å². The Hall–Kier alpha value is -1.77. The average molecular weight is 303 g/mol. The summed E-state index contributed by atoms with van der Waals surface area (Å²) in [4.78, 5) is 4.62. The smallest absolute Gasteiger partial charge is 0.128 e. The van der Waals surface area contributed by atoms with E-state index in [0.717, 1.165) is 37.4 Å². The second-order valence-corrected chi connectivity index (χ2v) is 5.68. The molecule has 2 unspecified atom stereocenters. The predicted molar refractivity (Wildman–Crippen MR) is 86.2 cm³/mol. The number of likely N-dealkylation sites (N-methyl/N-ethyl adjacent to an activating group) is 1. The lowest BCUT2D eigenvalue weighted by Gasteiger charge is -2.41. The predicted octanol–water partition coefficient (Wildman–Crippen LogP) is 2.29. The number of ether oxygens (including phenoxy) is 2. The SMILES string of the molecule is CCC1CN(C(C#N)c2ccc(OC)cc2OC)CCN1C. The summed E-state index contributed by atoms with van der Waals surface area (Å²) >= 11 is 0. The Morgan fingerprint density at radius 3 is 2.68 bits per heavy atom. The van der Waals surface area contributed by atoms with E-state index in [1.807, 2.05) is 18.2 Å². The highest BCUT2D eigenvalue weighted by molar-refractivity contribution is 5.44. The van der Waals surface area contributed by atoms with Crippen LogP contribution in [0.4, 0.5) is 0 Å². The van der Waals surface area contributed by atoms with E-state index in [0.29, 0.717) is 11.8 Å². The highest BCUT2D eigenvalue weighted by Crippen LogP contribution is 2.33. The van der Waals surface area contributed by atoms with Crippen LogP contribution in [0.15, 0.2) is 18.2 Å². The summed E-state index contributed by atoms with van der Waals surface area (Å²) in [5.74, 6) is 1.44. The summed E-state index contributed by atoms with van der Waals surface area (Å²) in [6.45, 7) is 4.97. The van der Waals surface area contributed by atoms with Crippen molar-refractivity contribution in [2.45, 2.75) is 25.4 Å². The summed E-state index contributed by atoms with van der Waals surface area (Å²) in [5, 5.41) is 9.71. The zero-order chi connectivity index (χ0) is 16.1. The molecule has 0 aliphatic carbocycles. The van der Waals surface area contributed by atoms with Crippen molar-refractivity contribution in [3.63, 3.8) is 0 Å². The third-order valence-electron chi connectivity index (χ3n) is 4.50. The fourth-order valence-electron chi connectivity index (χ4n) is 3.04. The van der Waals surface area contributed by atoms with Gasteiger partial charge in [0.2, 0.25) is 0 Å². The molecule has 1 fully saturated rings. The molecule has 0 N–H and O–H groups in total. The number of benzene rings is 1. The van der Waals surface area contributed by atoms with Crippen LogP contribution in [-0.2, 0) is 0 Å². The lowest BCUT2D eigenvalue weighted by Crippen LogP contribution is -2.51. The summed E-state index contributed by atoms with van der Waals surface area (Å²) in [6, 6.07) is 8.31. The standard InChI is InChI=1S/C17H25N3O2/c1-5-13-12-20(9-8-19(13)2)16(11-18)15-7-6-14(21-3)10-17(15)22-4/h6-7,10,13,16H,5,8-9,12H2,1-4H3. The van der Waals surface area contributed by atoms with E-state index in [4.69, 9.17) is 9.47 Å². The molecule has 0 aromatic heterocycles. The van der Waals surface area contributed by atoms with Gasteiger partial charge in [-0.3, -0.25) is 4.90 Å². The van der Waals surface area contributed by atoms with E-state index in [1.54, 1.807) is 14.2 Å². The van der Waals surface area contributed by atoms with Crippen LogP contribution in [0.3, 0.4) is 0 Å². The molecule has 0 saturated carbocycles. The molecule has 0 bridgehead atoms. The first-order valence-electron chi connectivity index (χ1n) is 7.70. The van der Waals surface area contributed by atoms with Crippen molar-refractivity contribution < 1.29 is 9.47 Å². The molecular weight excluding hydrogens is 278 g/mol. The monoisotopic (exact) mass is 303 g/mol. The van der Waals surface area contributed by atoms with Crippen LogP contribution in [0.2, 0.25) is 0 Å². The number of nitrogens with zero attached hydrogens (tertiary/aromatic N) is 3. The molecule has 1 heterocycles. The fraction of sp³-hybridized carbons (Fsp3) is 0.588. The van der Waals surface area contributed by atoms with Crippen molar-refractivity contribution in [1.82, 2.24) is 9.80 Å². The molecule has 1 saturated heterocycles. The molecular formula is C17H25N3O2. The van der Waals surface area contributed by atoms with Gasteiger partial charge in [0.05, 0.1) is 20.3 Å². The molecule has 120 valence electrons. The molecule has 0 radical (unpaired) electrons. The van der Waals surface area contributed by atoms with Crippen LogP contribution in [0.1, 0.15) is 24.9 Å². The number of piperazine rings is 1. The van der Waals surface area contributed by atoms with Gasteiger partial charge in [0.1, 0.15) is 17.5 Å². The van der Waals surface area contributed by atoms with Crippen molar-refractivity contribution in [3.05, 3.63) is 23.8 Å². The number of hydrogen-bond acceptors (Lipinski definition) is 5. The van der Waals surface area contributed by atoms with Crippen LogP contribution >= 0.6 is 0 Å². The summed E-state index contributed by atoms with van der Waals surface area (Å²) in [7, 11) is 5.41. The first-order valence-corrected chi connectivity index (χ1v) is 7.70. The lowest BCUT2D eigenvalue weighted by molar-refractivity contribution is 0.0766. The second-order valence-electron chi connectivity index (χ2n) is 5.68. The number of nitriles is 1. The van der Waals surface area contributed by atoms with Crippen LogP contribution in [0, 0.1) is 11.3 Å². The lowest BCUT2D eigenvalue weighted by atomic mass is 10.0. The van der Waals surface area contributed by atoms with Crippen LogP contribution in [-0.4, -0.2) is 56.7 Å². The third kappa shape index (κ3) is 3.34. The van der Waals surface area contributed by atoms with Gasteiger partial charge in [0.25, 0.3) is 0 Å². The second kappa shape index (κ2) is 7.48. The van der Waals surface area contributed by atoms with Gasteiger partial charge in [-0.1, -0.05) is 6.92 Å².